The lowest BCUT2D eigenvalue weighted by atomic mass is 10.1. The molecule has 0 amide bonds. The number of aromatic nitrogens is 1. The molecule has 0 aliphatic heterocycles. The lowest BCUT2D eigenvalue weighted by Crippen LogP contribution is -2.33. The summed E-state index contributed by atoms with van der Waals surface area (Å²) in [5.41, 5.74) is 7.00. The molecule has 0 saturated heterocycles. The van der Waals surface area contributed by atoms with Crippen LogP contribution in [0, 0.1) is 5.92 Å². The smallest absolute Gasteiger partial charge is 0.0270 e. The number of nitrogens with zero attached hydrogens (tertiary/aromatic N) is 2. The van der Waals surface area contributed by atoms with Crippen LogP contribution in [0.15, 0.2) is 24.5 Å². The van der Waals surface area contributed by atoms with Crippen LogP contribution in [-0.4, -0.2) is 36.1 Å². The highest BCUT2D eigenvalue weighted by Gasteiger charge is 2.07. The van der Waals surface area contributed by atoms with Crippen LogP contribution < -0.4 is 5.73 Å². The second kappa shape index (κ2) is 7.36. The topological polar surface area (TPSA) is 42.2 Å². The molecule has 1 aromatic rings. The lowest BCUT2D eigenvalue weighted by Gasteiger charge is -2.23. The number of hydrogen-bond donors (Lipinski definition) is 1. The van der Waals surface area contributed by atoms with Crippen LogP contribution in [0.4, 0.5) is 0 Å². The third-order valence-electron chi connectivity index (χ3n) is 2.89. The summed E-state index contributed by atoms with van der Waals surface area (Å²) in [5.74, 6) is 0.581. The fourth-order valence-corrected chi connectivity index (χ4v) is 1.73. The quantitative estimate of drug-likeness (QED) is 0.759. The van der Waals surface area contributed by atoms with Gasteiger partial charge in [-0.3, -0.25) is 4.98 Å². The van der Waals surface area contributed by atoms with E-state index in [-0.39, 0.29) is 0 Å². The third kappa shape index (κ3) is 4.73. The maximum Gasteiger partial charge on any atom is 0.0270 e. The molecule has 3 heteroatoms. The van der Waals surface area contributed by atoms with Gasteiger partial charge < -0.3 is 10.6 Å². The number of nitrogens with two attached hydrogens (primary N) is 1. The van der Waals surface area contributed by atoms with Crippen LogP contribution in [0.3, 0.4) is 0 Å². The summed E-state index contributed by atoms with van der Waals surface area (Å²) >= 11 is 0. The average molecular weight is 221 g/mol. The van der Waals surface area contributed by atoms with Gasteiger partial charge in [0, 0.05) is 25.5 Å². The molecule has 0 bridgehead atoms. The summed E-state index contributed by atoms with van der Waals surface area (Å²) in [5, 5.41) is 0. The van der Waals surface area contributed by atoms with Crippen molar-refractivity contribution in [3.05, 3.63) is 30.1 Å². The zero-order valence-electron chi connectivity index (χ0n) is 10.4. The van der Waals surface area contributed by atoms with Gasteiger partial charge in [-0.2, -0.15) is 0 Å². The van der Waals surface area contributed by atoms with E-state index in [1.54, 1.807) is 0 Å². The number of likely N-dealkylation sites (N-methyl/N-ethyl adjacent to an activating group) is 1. The molecule has 0 aromatic carbocycles. The summed E-state index contributed by atoms with van der Waals surface area (Å²) in [6, 6.07) is 4.17. The van der Waals surface area contributed by atoms with E-state index in [0.29, 0.717) is 5.92 Å². The predicted octanol–water partition coefficient (Wildman–Crippen LogP) is 1.54. The van der Waals surface area contributed by atoms with Crippen molar-refractivity contribution in [1.82, 2.24) is 9.88 Å². The molecule has 0 saturated carbocycles. The van der Waals surface area contributed by atoms with E-state index in [4.69, 9.17) is 5.73 Å². The Balaban J connectivity index is 2.34. The summed E-state index contributed by atoms with van der Waals surface area (Å²) in [7, 11) is 0. The summed E-state index contributed by atoms with van der Waals surface area (Å²) in [6.07, 6.45) is 4.80. The van der Waals surface area contributed by atoms with Gasteiger partial charge in [-0.25, -0.2) is 0 Å². The third-order valence-corrected chi connectivity index (χ3v) is 2.89. The Kier molecular flexibility index (Phi) is 6.04. The highest BCUT2D eigenvalue weighted by atomic mass is 15.1. The van der Waals surface area contributed by atoms with Gasteiger partial charge in [-0.1, -0.05) is 13.8 Å². The highest BCUT2D eigenvalue weighted by Crippen LogP contribution is 2.02. The first kappa shape index (κ1) is 13.1. The van der Waals surface area contributed by atoms with E-state index in [9.17, 15) is 0 Å². The van der Waals surface area contributed by atoms with E-state index in [1.165, 1.54) is 5.56 Å². The van der Waals surface area contributed by atoms with Crippen molar-refractivity contribution in [3.63, 3.8) is 0 Å². The molecule has 0 radical (unpaired) electrons. The molecule has 0 aliphatic carbocycles. The van der Waals surface area contributed by atoms with E-state index in [0.717, 1.165) is 32.6 Å². The minimum Gasteiger partial charge on any atom is -0.330 e. The minimum absolute atomic E-state index is 0.581. The van der Waals surface area contributed by atoms with Crippen molar-refractivity contribution >= 4 is 0 Å². The second-order valence-electron chi connectivity index (χ2n) is 4.34. The molecule has 0 fully saturated rings. The fourth-order valence-electron chi connectivity index (χ4n) is 1.73. The van der Waals surface area contributed by atoms with E-state index < -0.39 is 0 Å². The molecule has 3 nitrogen and oxygen atoms in total. The first-order valence-corrected chi connectivity index (χ1v) is 6.07. The second-order valence-corrected chi connectivity index (χ2v) is 4.34. The van der Waals surface area contributed by atoms with Crippen LogP contribution >= 0.6 is 0 Å². The molecule has 0 spiro atoms. The highest BCUT2D eigenvalue weighted by molar-refractivity contribution is 5.09. The zero-order valence-corrected chi connectivity index (χ0v) is 10.4. The monoisotopic (exact) mass is 221 g/mol. The minimum atomic E-state index is 0.581. The number of rotatable bonds is 7. The van der Waals surface area contributed by atoms with Crippen molar-refractivity contribution in [1.29, 1.82) is 0 Å². The van der Waals surface area contributed by atoms with Crippen molar-refractivity contribution in [3.8, 4) is 0 Å². The maximum absolute atomic E-state index is 5.65. The van der Waals surface area contributed by atoms with Gasteiger partial charge >= 0.3 is 0 Å². The average Bonchev–Trinajstić information content (AvgIpc) is 2.35. The van der Waals surface area contributed by atoms with Crippen molar-refractivity contribution in [2.75, 3.05) is 26.2 Å². The number of hydrogen-bond acceptors (Lipinski definition) is 3. The molecule has 1 rings (SSSR count). The molecule has 1 atom stereocenters. The molecule has 1 unspecified atom stereocenters. The summed E-state index contributed by atoms with van der Waals surface area (Å²) in [6.45, 7) is 8.47. The Morgan fingerprint density at radius 3 is 2.62 bits per heavy atom. The SMILES string of the molecule is CCN(CCc1ccncc1)CC(C)CN. The molecule has 1 aromatic heterocycles. The van der Waals surface area contributed by atoms with E-state index >= 15 is 0 Å². The Labute approximate surface area is 98.7 Å². The molecule has 1 heterocycles. The number of pyridine rings is 1. The van der Waals surface area contributed by atoms with Crippen molar-refractivity contribution < 1.29 is 0 Å². The Hall–Kier alpha value is -0.930. The molecular formula is C13H23N3. The Bertz CT molecular complexity index is 274. The largest absolute Gasteiger partial charge is 0.330 e. The molecular weight excluding hydrogens is 198 g/mol. The first-order valence-electron chi connectivity index (χ1n) is 6.07. The lowest BCUT2D eigenvalue weighted by molar-refractivity contribution is 0.254. The molecule has 16 heavy (non-hydrogen) atoms. The summed E-state index contributed by atoms with van der Waals surface area (Å²) in [4.78, 5) is 6.48. The van der Waals surface area contributed by atoms with Crippen LogP contribution in [0.2, 0.25) is 0 Å². The van der Waals surface area contributed by atoms with Gasteiger partial charge in [-0.05, 0) is 43.1 Å². The summed E-state index contributed by atoms with van der Waals surface area (Å²) < 4.78 is 0. The maximum atomic E-state index is 5.65. The van der Waals surface area contributed by atoms with Crippen molar-refractivity contribution in [2.45, 2.75) is 20.3 Å². The van der Waals surface area contributed by atoms with E-state index in [1.807, 2.05) is 12.4 Å². The Morgan fingerprint density at radius 2 is 2.06 bits per heavy atom. The standard InChI is InChI=1S/C13H23N3/c1-3-16(11-12(2)10-14)9-6-13-4-7-15-8-5-13/h4-5,7-8,12H,3,6,9-11,14H2,1-2H3. The zero-order chi connectivity index (χ0) is 11.8. The van der Waals surface area contributed by atoms with Gasteiger partial charge in [0.25, 0.3) is 0 Å². The van der Waals surface area contributed by atoms with Gasteiger partial charge in [0.15, 0.2) is 0 Å². The fraction of sp³-hybridized carbons (Fsp3) is 0.615. The van der Waals surface area contributed by atoms with Crippen LogP contribution in [0.5, 0.6) is 0 Å². The van der Waals surface area contributed by atoms with Crippen LogP contribution in [-0.2, 0) is 6.42 Å². The van der Waals surface area contributed by atoms with Crippen molar-refractivity contribution in [2.24, 2.45) is 11.7 Å². The first-order chi connectivity index (χ1) is 7.76. The van der Waals surface area contributed by atoms with Crippen LogP contribution in [0.25, 0.3) is 0 Å². The predicted molar refractivity (Wildman–Crippen MR) is 68.3 cm³/mol. The van der Waals surface area contributed by atoms with Gasteiger partial charge in [0.2, 0.25) is 0 Å². The van der Waals surface area contributed by atoms with E-state index in [2.05, 4.69) is 35.9 Å². The van der Waals surface area contributed by atoms with Gasteiger partial charge in [0.05, 0.1) is 0 Å². The van der Waals surface area contributed by atoms with Gasteiger partial charge in [0.1, 0.15) is 0 Å². The molecule has 90 valence electrons. The molecule has 0 aliphatic rings. The normalized spacial score (nSPS) is 13.0. The molecule has 2 N–H and O–H groups in total. The van der Waals surface area contributed by atoms with Crippen LogP contribution in [0.1, 0.15) is 19.4 Å². The van der Waals surface area contributed by atoms with Gasteiger partial charge in [-0.15, -0.1) is 0 Å². The Morgan fingerprint density at radius 1 is 1.38 bits per heavy atom.